The van der Waals surface area contributed by atoms with Crippen LogP contribution in [0.3, 0.4) is 0 Å². The van der Waals surface area contributed by atoms with Gasteiger partial charge in [-0.3, -0.25) is 4.79 Å². The third-order valence-corrected chi connectivity index (χ3v) is 4.50. The number of thiazole rings is 1. The van der Waals surface area contributed by atoms with Gasteiger partial charge in [-0.1, -0.05) is 37.5 Å². The van der Waals surface area contributed by atoms with E-state index in [1.807, 2.05) is 27.7 Å². The second kappa shape index (κ2) is 10.7. The monoisotopic (exact) mass is 371 g/mol. The van der Waals surface area contributed by atoms with Crippen LogP contribution in [0.15, 0.2) is 6.20 Å². The molecule has 0 saturated heterocycles. The Morgan fingerprint density at radius 2 is 2.12 bits per heavy atom. The summed E-state index contributed by atoms with van der Waals surface area (Å²) in [4.78, 5) is 16.8. The first kappa shape index (κ1) is 21.9. The van der Waals surface area contributed by atoms with Crippen LogP contribution in [0, 0.1) is 0 Å². The predicted molar refractivity (Wildman–Crippen MR) is 102 cm³/mol. The maximum atomic E-state index is 12.2. The van der Waals surface area contributed by atoms with Gasteiger partial charge in [0.1, 0.15) is 17.6 Å². The molecule has 1 aromatic heterocycles. The Bertz CT molecular complexity index is 514. The van der Waals surface area contributed by atoms with Crippen molar-refractivity contribution >= 4 is 17.2 Å². The molecule has 0 aromatic carbocycles. The maximum Gasteiger partial charge on any atom is 0.273 e. The zero-order valence-corrected chi connectivity index (χ0v) is 16.9. The van der Waals surface area contributed by atoms with Crippen molar-refractivity contribution in [2.45, 2.75) is 78.0 Å². The van der Waals surface area contributed by atoms with Gasteiger partial charge in [-0.15, -0.1) is 0 Å². The first-order chi connectivity index (χ1) is 11.7. The van der Waals surface area contributed by atoms with Gasteiger partial charge in [0.25, 0.3) is 11.1 Å². The Balaban J connectivity index is 2.36. The van der Waals surface area contributed by atoms with Crippen LogP contribution in [0.25, 0.3) is 0 Å². The van der Waals surface area contributed by atoms with Crippen LogP contribution in [0.4, 0.5) is 0 Å². The fourth-order valence-corrected chi connectivity index (χ4v) is 2.83. The second-order valence-electron chi connectivity index (χ2n) is 7.46. The number of unbranched alkanes of at least 4 members (excludes halogenated alkanes) is 2. The summed E-state index contributed by atoms with van der Waals surface area (Å²) in [7, 11) is 0. The average Bonchev–Trinajstić information content (AvgIpc) is 2.99. The smallest absolute Gasteiger partial charge is 0.273 e. The van der Waals surface area contributed by atoms with Gasteiger partial charge in [0.05, 0.1) is 6.20 Å². The third-order valence-electron chi connectivity index (χ3n) is 3.59. The van der Waals surface area contributed by atoms with Crippen molar-refractivity contribution < 1.29 is 14.6 Å². The number of hydrogen-bond acceptors (Lipinski definition) is 6. The second-order valence-corrected chi connectivity index (χ2v) is 8.45. The van der Waals surface area contributed by atoms with E-state index in [1.54, 1.807) is 0 Å². The lowest BCUT2D eigenvalue weighted by atomic mass is 10.1. The lowest BCUT2D eigenvalue weighted by Gasteiger charge is -2.22. The number of amides is 1. The van der Waals surface area contributed by atoms with Crippen LogP contribution >= 0.6 is 11.3 Å². The average molecular weight is 372 g/mol. The van der Waals surface area contributed by atoms with Gasteiger partial charge >= 0.3 is 0 Å². The summed E-state index contributed by atoms with van der Waals surface area (Å²) in [5, 5.41) is 16.5. The van der Waals surface area contributed by atoms with E-state index < -0.39 is 6.10 Å². The number of nitrogens with zero attached hydrogens (tertiary/aromatic N) is 1. The zero-order valence-electron chi connectivity index (χ0n) is 16.1. The number of rotatable bonds is 11. The van der Waals surface area contributed by atoms with E-state index in [2.05, 4.69) is 22.5 Å². The molecule has 0 fully saturated rings. The Labute approximate surface area is 155 Å². The number of carbonyl (C=O) groups excluding carboxylic acids is 1. The molecule has 0 aliphatic heterocycles. The standard InChI is InChI=1S/C18H33N3O3S/c1-6-7-8-9-13(2)21-16(23)15-11-19-17(25-15)24-12-14(22)10-20-18(3,4)5/h11,13-14,20,22H,6-10,12H2,1-5H3,(H,21,23). The molecule has 2 atom stereocenters. The van der Waals surface area contributed by atoms with Crippen molar-refractivity contribution in [3.63, 3.8) is 0 Å². The van der Waals surface area contributed by atoms with Gasteiger partial charge in [-0.25, -0.2) is 4.98 Å². The zero-order chi connectivity index (χ0) is 18.9. The molecule has 0 saturated carbocycles. The van der Waals surface area contributed by atoms with E-state index in [0.29, 0.717) is 16.6 Å². The van der Waals surface area contributed by atoms with Crippen LogP contribution in [-0.4, -0.2) is 46.8 Å². The van der Waals surface area contributed by atoms with Crippen LogP contribution in [0.1, 0.15) is 70.0 Å². The van der Waals surface area contributed by atoms with Crippen LogP contribution in [0.2, 0.25) is 0 Å². The Kier molecular flexibility index (Phi) is 9.38. The molecule has 3 N–H and O–H groups in total. The summed E-state index contributed by atoms with van der Waals surface area (Å²) >= 11 is 1.20. The van der Waals surface area contributed by atoms with Gasteiger partial charge in [0.2, 0.25) is 0 Å². The SMILES string of the molecule is CCCCCC(C)NC(=O)c1cnc(OCC(O)CNC(C)(C)C)s1. The number of ether oxygens (including phenoxy) is 1. The molecule has 0 spiro atoms. The first-order valence-corrected chi connectivity index (χ1v) is 9.85. The molecule has 2 unspecified atom stereocenters. The quantitative estimate of drug-likeness (QED) is 0.521. The number of hydrogen-bond donors (Lipinski definition) is 3. The summed E-state index contributed by atoms with van der Waals surface area (Å²) < 4.78 is 5.49. The lowest BCUT2D eigenvalue weighted by molar-refractivity contribution is 0.0942. The van der Waals surface area contributed by atoms with E-state index in [1.165, 1.54) is 30.4 Å². The van der Waals surface area contributed by atoms with Crippen molar-refractivity contribution in [3.8, 4) is 5.19 Å². The van der Waals surface area contributed by atoms with E-state index in [0.717, 1.165) is 12.8 Å². The van der Waals surface area contributed by atoms with Gasteiger partial charge in [0, 0.05) is 18.1 Å². The number of aromatic nitrogens is 1. The Morgan fingerprint density at radius 3 is 2.76 bits per heavy atom. The highest BCUT2D eigenvalue weighted by Gasteiger charge is 2.16. The molecular weight excluding hydrogens is 338 g/mol. The summed E-state index contributed by atoms with van der Waals surface area (Å²) in [5.41, 5.74) is -0.0543. The summed E-state index contributed by atoms with van der Waals surface area (Å²) in [5.74, 6) is -0.119. The summed E-state index contributed by atoms with van der Waals surface area (Å²) in [6.45, 7) is 10.9. The molecule has 0 radical (unpaired) electrons. The van der Waals surface area contributed by atoms with Crippen molar-refractivity contribution in [2.24, 2.45) is 0 Å². The Hall–Kier alpha value is -1.18. The third kappa shape index (κ3) is 9.77. The fraction of sp³-hybridized carbons (Fsp3) is 0.778. The van der Waals surface area contributed by atoms with Crippen molar-refractivity contribution in [1.82, 2.24) is 15.6 Å². The fourth-order valence-electron chi connectivity index (χ4n) is 2.15. The van der Waals surface area contributed by atoms with Crippen LogP contribution in [-0.2, 0) is 0 Å². The maximum absolute atomic E-state index is 12.2. The highest BCUT2D eigenvalue weighted by atomic mass is 32.1. The normalized spacial score (nSPS) is 14.2. The minimum absolute atomic E-state index is 0.0543. The van der Waals surface area contributed by atoms with E-state index >= 15 is 0 Å². The molecule has 144 valence electrons. The predicted octanol–water partition coefficient (Wildman–Crippen LogP) is 2.97. The van der Waals surface area contributed by atoms with Gasteiger partial charge in [-0.05, 0) is 34.1 Å². The number of nitrogens with one attached hydrogen (secondary N) is 2. The number of aliphatic hydroxyl groups excluding tert-OH is 1. The van der Waals surface area contributed by atoms with E-state index in [-0.39, 0.29) is 24.1 Å². The summed E-state index contributed by atoms with van der Waals surface area (Å²) in [6.07, 6.45) is 5.36. The molecule has 1 aromatic rings. The number of carbonyl (C=O) groups is 1. The largest absolute Gasteiger partial charge is 0.467 e. The van der Waals surface area contributed by atoms with Gasteiger partial charge in [-0.2, -0.15) is 0 Å². The minimum atomic E-state index is -0.626. The lowest BCUT2D eigenvalue weighted by Crippen LogP contribution is -2.42. The van der Waals surface area contributed by atoms with Crippen LogP contribution in [0.5, 0.6) is 5.19 Å². The highest BCUT2D eigenvalue weighted by molar-refractivity contribution is 7.15. The molecule has 6 nitrogen and oxygen atoms in total. The summed E-state index contributed by atoms with van der Waals surface area (Å²) in [6, 6.07) is 0.149. The highest BCUT2D eigenvalue weighted by Crippen LogP contribution is 2.21. The number of β-amino-alcohol motifs (C(OH)–C–C–N with tert-alkyl or cyclic N) is 1. The molecular formula is C18H33N3O3S. The molecule has 25 heavy (non-hydrogen) atoms. The minimum Gasteiger partial charge on any atom is -0.467 e. The van der Waals surface area contributed by atoms with Crippen molar-refractivity contribution in [1.29, 1.82) is 0 Å². The molecule has 1 rings (SSSR count). The molecule has 1 heterocycles. The topological polar surface area (TPSA) is 83.5 Å². The molecule has 0 aliphatic carbocycles. The van der Waals surface area contributed by atoms with E-state index in [9.17, 15) is 9.90 Å². The van der Waals surface area contributed by atoms with Gasteiger partial charge in [0.15, 0.2) is 0 Å². The Morgan fingerprint density at radius 1 is 1.40 bits per heavy atom. The number of aliphatic hydroxyl groups is 1. The first-order valence-electron chi connectivity index (χ1n) is 9.04. The molecule has 0 bridgehead atoms. The molecule has 1 amide bonds. The molecule has 0 aliphatic rings. The van der Waals surface area contributed by atoms with Crippen molar-refractivity contribution in [2.75, 3.05) is 13.2 Å². The van der Waals surface area contributed by atoms with Crippen molar-refractivity contribution in [3.05, 3.63) is 11.1 Å². The molecule has 7 heteroatoms. The van der Waals surface area contributed by atoms with Gasteiger partial charge < -0.3 is 20.5 Å². The van der Waals surface area contributed by atoms with E-state index in [4.69, 9.17) is 4.74 Å². The van der Waals surface area contributed by atoms with Crippen LogP contribution < -0.4 is 15.4 Å².